The van der Waals surface area contributed by atoms with Crippen LogP contribution in [0.5, 0.6) is 17.2 Å². The summed E-state index contributed by atoms with van der Waals surface area (Å²) in [6.45, 7) is 5.48. The molecule has 6 heteroatoms. The number of nitrogens with zero attached hydrogens (tertiary/aromatic N) is 2. The zero-order valence-electron chi connectivity index (χ0n) is 18.5. The molecule has 1 atom stereocenters. The fourth-order valence-electron chi connectivity index (χ4n) is 4.77. The Kier molecular flexibility index (Phi) is 5.90. The average molecular weight is 423 g/mol. The molecule has 0 aliphatic carbocycles. The maximum Gasteiger partial charge on any atom is 0.254 e. The summed E-state index contributed by atoms with van der Waals surface area (Å²) < 4.78 is 11.0. The summed E-state index contributed by atoms with van der Waals surface area (Å²) in [4.78, 5) is 30.5. The van der Waals surface area contributed by atoms with E-state index in [1.165, 1.54) is 0 Å². The van der Waals surface area contributed by atoms with Gasteiger partial charge in [-0.25, -0.2) is 0 Å². The summed E-state index contributed by atoms with van der Waals surface area (Å²) in [5.41, 5.74) is -0.101. The molecule has 1 unspecified atom stereocenters. The Morgan fingerprint density at radius 2 is 1.45 bits per heavy atom. The first kappa shape index (κ1) is 21.2. The number of hydrogen-bond acceptors (Lipinski definition) is 4. The number of ether oxygens (including phenoxy) is 2. The van der Waals surface area contributed by atoms with Gasteiger partial charge in [0.1, 0.15) is 22.8 Å². The number of piperidine rings is 1. The molecule has 2 saturated heterocycles. The van der Waals surface area contributed by atoms with Gasteiger partial charge in [-0.3, -0.25) is 9.59 Å². The van der Waals surface area contributed by atoms with Crippen molar-refractivity contribution in [3.63, 3.8) is 0 Å². The average Bonchev–Trinajstić information content (AvgIpc) is 3.20. The van der Waals surface area contributed by atoms with E-state index in [1.54, 1.807) is 31.4 Å². The minimum absolute atomic E-state index is 0.0764. The molecule has 2 aliphatic rings. The van der Waals surface area contributed by atoms with E-state index in [0.29, 0.717) is 23.6 Å². The van der Waals surface area contributed by atoms with E-state index in [2.05, 4.69) is 0 Å². The second kappa shape index (κ2) is 8.61. The van der Waals surface area contributed by atoms with Crippen LogP contribution in [0.1, 0.15) is 49.9 Å². The van der Waals surface area contributed by atoms with Crippen LogP contribution in [0.4, 0.5) is 0 Å². The third kappa shape index (κ3) is 3.99. The zero-order valence-corrected chi connectivity index (χ0v) is 18.5. The summed E-state index contributed by atoms with van der Waals surface area (Å²) >= 11 is 0. The zero-order chi connectivity index (χ0) is 22.0. The highest BCUT2D eigenvalue weighted by atomic mass is 16.5. The molecule has 2 fully saturated rings. The third-order valence-electron chi connectivity index (χ3n) is 6.40. The number of rotatable bonds is 5. The first-order valence-electron chi connectivity index (χ1n) is 11.0. The predicted molar refractivity (Wildman–Crippen MR) is 119 cm³/mol. The highest BCUT2D eigenvalue weighted by Gasteiger charge is 2.53. The molecule has 2 amide bonds. The van der Waals surface area contributed by atoms with Crippen molar-refractivity contribution in [2.45, 2.75) is 51.1 Å². The van der Waals surface area contributed by atoms with E-state index in [1.807, 2.05) is 47.9 Å². The molecule has 31 heavy (non-hydrogen) atoms. The molecular weight excluding hydrogens is 392 g/mol. The monoisotopic (exact) mass is 422 g/mol. The fourth-order valence-corrected chi connectivity index (χ4v) is 4.77. The number of amides is 2. The molecule has 6 nitrogen and oxygen atoms in total. The molecule has 0 radical (unpaired) electrons. The van der Waals surface area contributed by atoms with E-state index < -0.39 is 5.54 Å². The normalized spacial score (nSPS) is 21.1. The predicted octanol–water partition coefficient (Wildman–Crippen LogP) is 4.49. The Labute approximate surface area is 183 Å². The van der Waals surface area contributed by atoms with Crippen LogP contribution in [0.2, 0.25) is 0 Å². The van der Waals surface area contributed by atoms with Crippen LogP contribution in [-0.4, -0.2) is 53.4 Å². The van der Waals surface area contributed by atoms with Crippen molar-refractivity contribution in [3.05, 3.63) is 54.1 Å². The van der Waals surface area contributed by atoms with Gasteiger partial charge in [0.15, 0.2) is 0 Å². The molecule has 2 heterocycles. The quantitative estimate of drug-likeness (QED) is 0.712. The second-order valence-electron chi connectivity index (χ2n) is 8.59. The molecule has 0 saturated carbocycles. The Hall–Kier alpha value is -3.02. The third-order valence-corrected chi connectivity index (χ3v) is 6.40. The van der Waals surface area contributed by atoms with Crippen molar-refractivity contribution in [3.8, 4) is 17.2 Å². The van der Waals surface area contributed by atoms with E-state index in [0.717, 1.165) is 38.0 Å². The topological polar surface area (TPSA) is 59.1 Å². The maximum absolute atomic E-state index is 13.4. The summed E-state index contributed by atoms with van der Waals surface area (Å²) in [7, 11) is 1.62. The van der Waals surface area contributed by atoms with Gasteiger partial charge in [0, 0.05) is 24.7 Å². The van der Waals surface area contributed by atoms with Crippen LogP contribution in [0.3, 0.4) is 0 Å². The molecule has 0 aromatic heterocycles. The van der Waals surface area contributed by atoms with Gasteiger partial charge in [0.2, 0.25) is 5.91 Å². The molecule has 2 aliphatic heterocycles. The minimum atomic E-state index is -0.683. The van der Waals surface area contributed by atoms with Crippen molar-refractivity contribution in [1.29, 1.82) is 0 Å². The van der Waals surface area contributed by atoms with Crippen LogP contribution in [-0.2, 0) is 4.79 Å². The highest BCUT2D eigenvalue weighted by Crippen LogP contribution is 2.40. The number of carbonyl (C=O) groups is 2. The summed E-state index contributed by atoms with van der Waals surface area (Å²) in [5, 5.41) is 0. The van der Waals surface area contributed by atoms with Gasteiger partial charge in [-0.1, -0.05) is 0 Å². The van der Waals surface area contributed by atoms with Gasteiger partial charge >= 0.3 is 0 Å². The fraction of sp³-hybridized carbons (Fsp3) is 0.440. The smallest absolute Gasteiger partial charge is 0.254 e. The SMILES string of the molecule is COc1ccc(Oc2ccc(C(=O)N3CCCC34CCCN(C(C)C)C4=O)cc2)cc1. The highest BCUT2D eigenvalue weighted by molar-refractivity contribution is 6.00. The molecule has 0 N–H and O–H groups in total. The van der Waals surface area contributed by atoms with Gasteiger partial charge in [-0.2, -0.15) is 0 Å². The molecular formula is C25H30N2O4. The van der Waals surface area contributed by atoms with Crippen molar-refractivity contribution in [1.82, 2.24) is 9.80 Å². The lowest BCUT2D eigenvalue weighted by atomic mass is 9.84. The standard InChI is InChI=1S/C25H30N2O4/c1-18(2)26-16-4-14-25(24(26)29)15-5-17-27(25)23(28)19-6-8-21(9-7-19)31-22-12-10-20(30-3)11-13-22/h6-13,18H,4-5,14-17H2,1-3H3. The second-order valence-corrected chi connectivity index (χ2v) is 8.59. The van der Waals surface area contributed by atoms with Crippen molar-refractivity contribution in [2.24, 2.45) is 0 Å². The van der Waals surface area contributed by atoms with Crippen LogP contribution in [0.15, 0.2) is 48.5 Å². The van der Waals surface area contributed by atoms with E-state index >= 15 is 0 Å². The lowest BCUT2D eigenvalue weighted by molar-refractivity contribution is -0.147. The Balaban J connectivity index is 1.50. The molecule has 2 aromatic rings. The van der Waals surface area contributed by atoms with Crippen molar-refractivity contribution in [2.75, 3.05) is 20.2 Å². The van der Waals surface area contributed by atoms with E-state index in [9.17, 15) is 9.59 Å². The number of benzene rings is 2. The lowest BCUT2D eigenvalue weighted by Gasteiger charge is -2.46. The molecule has 2 aromatic carbocycles. The first-order valence-corrected chi connectivity index (χ1v) is 11.0. The van der Waals surface area contributed by atoms with Crippen LogP contribution in [0, 0.1) is 0 Å². The van der Waals surface area contributed by atoms with Gasteiger partial charge in [0.25, 0.3) is 5.91 Å². The van der Waals surface area contributed by atoms with Gasteiger partial charge in [-0.15, -0.1) is 0 Å². The van der Waals surface area contributed by atoms with E-state index in [4.69, 9.17) is 9.47 Å². The van der Waals surface area contributed by atoms with Gasteiger partial charge in [-0.05, 0) is 88.1 Å². The summed E-state index contributed by atoms with van der Waals surface area (Å²) in [6.07, 6.45) is 3.29. The van der Waals surface area contributed by atoms with Crippen molar-refractivity contribution < 1.29 is 19.1 Å². The van der Waals surface area contributed by atoms with Crippen LogP contribution in [0.25, 0.3) is 0 Å². The molecule has 0 bridgehead atoms. The van der Waals surface area contributed by atoms with Gasteiger partial charge < -0.3 is 19.3 Å². The number of carbonyl (C=O) groups excluding carboxylic acids is 2. The molecule has 1 spiro atoms. The Bertz CT molecular complexity index is 939. The van der Waals surface area contributed by atoms with Crippen LogP contribution < -0.4 is 9.47 Å². The van der Waals surface area contributed by atoms with Gasteiger partial charge in [0.05, 0.1) is 7.11 Å². The lowest BCUT2D eigenvalue weighted by Crippen LogP contribution is -2.62. The first-order chi connectivity index (χ1) is 14.9. The number of methoxy groups -OCH3 is 1. The summed E-state index contributed by atoms with van der Waals surface area (Å²) in [5.74, 6) is 2.14. The summed E-state index contributed by atoms with van der Waals surface area (Å²) in [6, 6.07) is 14.6. The minimum Gasteiger partial charge on any atom is -0.497 e. The van der Waals surface area contributed by atoms with Crippen LogP contribution >= 0.6 is 0 Å². The number of hydrogen-bond donors (Lipinski definition) is 0. The van der Waals surface area contributed by atoms with Crippen molar-refractivity contribution >= 4 is 11.8 Å². The Morgan fingerprint density at radius 3 is 2.03 bits per heavy atom. The largest absolute Gasteiger partial charge is 0.497 e. The molecule has 4 rings (SSSR count). The maximum atomic E-state index is 13.4. The van der Waals surface area contributed by atoms with E-state index in [-0.39, 0.29) is 17.9 Å². The molecule has 164 valence electrons. The Morgan fingerprint density at radius 1 is 0.903 bits per heavy atom. The number of likely N-dealkylation sites (tertiary alicyclic amines) is 2.